The third-order valence-electron chi connectivity index (χ3n) is 9.08. The fourth-order valence-corrected chi connectivity index (χ4v) is 7.42. The number of aliphatic hydroxyl groups is 1. The van der Waals surface area contributed by atoms with Crippen molar-refractivity contribution in [2.75, 3.05) is 0 Å². The van der Waals surface area contributed by atoms with E-state index in [1.165, 1.54) is 32.1 Å². The molecule has 0 radical (unpaired) electrons. The maximum absolute atomic E-state index is 10.2. The van der Waals surface area contributed by atoms with Gasteiger partial charge in [-0.05, 0) is 85.0 Å². The summed E-state index contributed by atoms with van der Waals surface area (Å²) in [6, 6.07) is 0. The molecule has 0 amide bonds. The first-order chi connectivity index (χ1) is 13.3. The lowest BCUT2D eigenvalue weighted by molar-refractivity contribution is -0.00305. The Morgan fingerprint density at radius 2 is 1.93 bits per heavy atom. The van der Waals surface area contributed by atoms with Crippen LogP contribution in [-0.4, -0.2) is 11.2 Å². The van der Waals surface area contributed by atoms with Crippen LogP contribution in [0.3, 0.4) is 0 Å². The predicted molar refractivity (Wildman–Crippen MR) is 118 cm³/mol. The lowest BCUT2D eigenvalue weighted by atomic mass is 9.50. The molecule has 2 saturated carbocycles. The molecule has 2 fully saturated rings. The molecular weight excluding hydrogens is 340 g/mol. The second-order valence-electron chi connectivity index (χ2n) is 11.1. The van der Waals surface area contributed by atoms with Crippen molar-refractivity contribution in [3.05, 3.63) is 23.3 Å². The van der Waals surface area contributed by atoms with E-state index in [4.69, 9.17) is 0 Å². The topological polar surface area (TPSA) is 20.2 Å². The Kier molecular flexibility index (Phi) is 5.33. The van der Waals surface area contributed by atoms with Gasteiger partial charge in [0.2, 0.25) is 0 Å². The first-order valence-corrected chi connectivity index (χ1v) is 11.8. The fraction of sp³-hybridized carbons (Fsp3) is 0.778. The van der Waals surface area contributed by atoms with Gasteiger partial charge in [-0.15, -0.1) is 11.8 Å². The van der Waals surface area contributed by atoms with Gasteiger partial charge in [-0.1, -0.05) is 52.3 Å². The second-order valence-corrected chi connectivity index (χ2v) is 11.1. The SMILES string of the molecule is CC(C)C#CC[C@@H](C)[C@H]1CCC2=C3C=CC4CC(O)CC[C@]4(C)[C@H]3CC[C@@]21C. The Bertz CT molecular complexity index is 731. The molecule has 0 spiro atoms. The van der Waals surface area contributed by atoms with Crippen molar-refractivity contribution < 1.29 is 5.11 Å². The monoisotopic (exact) mass is 380 g/mol. The molecule has 4 aliphatic rings. The molecule has 4 rings (SSSR count). The van der Waals surface area contributed by atoms with Gasteiger partial charge >= 0.3 is 0 Å². The van der Waals surface area contributed by atoms with Crippen molar-refractivity contribution in [1.29, 1.82) is 0 Å². The lowest BCUT2D eigenvalue weighted by Gasteiger charge is -2.54. The third-order valence-corrected chi connectivity index (χ3v) is 9.08. The molecule has 0 aromatic rings. The highest BCUT2D eigenvalue weighted by Gasteiger charge is 2.54. The smallest absolute Gasteiger partial charge is 0.0546 e. The first-order valence-electron chi connectivity index (χ1n) is 11.8. The van der Waals surface area contributed by atoms with Crippen molar-refractivity contribution in [3.63, 3.8) is 0 Å². The summed E-state index contributed by atoms with van der Waals surface area (Å²) in [5.41, 5.74) is 4.24. The molecule has 0 aromatic heterocycles. The van der Waals surface area contributed by atoms with E-state index in [2.05, 4.69) is 58.6 Å². The summed E-state index contributed by atoms with van der Waals surface area (Å²) in [7, 11) is 0. The van der Waals surface area contributed by atoms with E-state index in [1.807, 2.05) is 0 Å². The van der Waals surface area contributed by atoms with E-state index in [1.54, 1.807) is 11.1 Å². The van der Waals surface area contributed by atoms with Crippen molar-refractivity contribution in [3.8, 4) is 11.8 Å². The summed E-state index contributed by atoms with van der Waals surface area (Å²) in [5, 5.41) is 10.2. The molecular formula is C27H40O. The summed E-state index contributed by atoms with van der Waals surface area (Å²) in [5.74, 6) is 10.1. The molecule has 0 aliphatic heterocycles. The van der Waals surface area contributed by atoms with Crippen LogP contribution in [-0.2, 0) is 0 Å². The fourth-order valence-electron chi connectivity index (χ4n) is 7.42. The number of rotatable bonds is 2. The highest BCUT2D eigenvalue weighted by atomic mass is 16.3. The van der Waals surface area contributed by atoms with Gasteiger partial charge in [-0.3, -0.25) is 0 Å². The van der Waals surface area contributed by atoms with Crippen LogP contribution in [0.25, 0.3) is 0 Å². The van der Waals surface area contributed by atoms with Crippen molar-refractivity contribution in [2.24, 2.45) is 40.4 Å². The first kappa shape index (κ1) is 20.3. The number of hydrogen-bond acceptors (Lipinski definition) is 1. The lowest BCUT2D eigenvalue weighted by Crippen LogP contribution is -2.46. The molecule has 1 N–H and O–H groups in total. The van der Waals surface area contributed by atoms with E-state index in [-0.39, 0.29) is 6.10 Å². The average Bonchev–Trinajstić information content (AvgIpc) is 2.99. The summed E-state index contributed by atoms with van der Waals surface area (Å²) in [4.78, 5) is 0. The molecule has 7 atom stereocenters. The zero-order chi connectivity index (χ0) is 20.1. The zero-order valence-corrected chi connectivity index (χ0v) is 18.7. The zero-order valence-electron chi connectivity index (χ0n) is 18.7. The van der Waals surface area contributed by atoms with Crippen molar-refractivity contribution in [2.45, 2.75) is 92.1 Å². The minimum atomic E-state index is -0.0885. The molecule has 1 nitrogen and oxygen atoms in total. The van der Waals surface area contributed by atoms with Crippen LogP contribution in [0.5, 0.6) is 0 Å². The molecule has 0 bridgehead atoms. The quantitative estimate of drug-likeness (QED) is 0.540. The maximum atomic E-state index is 10.2. The van der Waals surface area contributed by atoms with Gasteiger partial charge in [0, 0.05) is 12.3 Å². The van der Waals surface area contributed by atoms with E-state index < -0.39 is 0 Å². The molecule has 0 heterocycles. The highest BCUT2D eigenvalue weighted by Crippen LogP contribution is 2.64. The average molecular weight is 381 g/mol. The number of hydrogen-bond donors (Lipinski definition) is 1. The van der Waals surface area contributed by atoms with E-state index in [0.29, 0.717) is 34.5 Å². The number of allylic oxidation sites excluding steroid dienone is 4. The van der Waals surface area contributed by atoms with Gasteiger partial charge in [-0.2, -0.15) is 0 Å². The molecule has 0 aromatic carbocycles. The van der Waals surface area contributed by atoms with Gasteiger partial charge in [0.05, 0.1) is 6.10 Å². The Hall–Kier alpha value is -1.00. The van der Waals surface area contributed by atoms with Crippen LogP contribution in [0.4, 0.5) is 0 Å². The Morgan fingerprint density at radius 3 is 2.68 bits per heavy atom. The summed E-state index contributed by atoms with van der Waals surface area (Å²) in [6.45, 7) is 11.9. The largest absolute Gasteiger partial charge is 0.393 e. The number of aliphatic hydroxyl groups excluding tert-OH is 1. The third kappa shape index (κ3) is 3.21. The number of fused-ring (bicyclic) bond motifs is 4. The van der Waals surface area contributed by atoms with Crippen LogP contribution >= 0.6 is 0 Å². The molecule has 154 valence electrons. The normalized spacial score (nSPS) is 43.1. The van der Waals surface area contributed by atoms with Gasteiger partial charge in [0.1, 0.15) is 0 Å². The summed E-state index contributed by atoms with van der Waals surface area (Å²) < 4.78 is 0. The molecule has 4 aliphatic carbocycles. The van der Waals surface area contributed by atoms with Gasteiger partial charge in [0.15, 0.2) is 0 Å². The molecule has 0 saturated heterocycles. The molecule has 1 heteroatoms. The van der Waals surface area contributed by atoms with E-state index in [9.17, 15) is 5.11 Å². The van der Waals surface area contributed by atoms with Crippen LogP contribution in [0, 0.1) is 52.3 Å². The van der Waals surface area contributed by atoms with E-state index >= 15 is 0 Å². The van der Waals surface area contributed by atoms with Crippen LogP contribution in [0.1, 0.15) is 86.0 Å². The second kappa shape index (κ2) is 7.36. The molecule has 28 heavy (non-hydrogen) atoms. The minimum Gasteiger partial charge on any atom is -0.393 e. The van der Waals surface area contributed by atoms with Gasteiger partial charge in [0.25, 0.3) is 0 Å². The van der Waals surface area contributed by atoms with Crippen LogP contribution < -0.4 is 0 Å². The Balaban J connectivity index is 1.62. The minimum absolute atomic E-state index is 0.0885. The maximum Gasteiger partial charge on any atom is 0.0546 e. The standard InChI is InChI=1S/C27H40O/c1-18(2)7-6-8-19(3)23-11-12-24-22-10-9-20-17-21(28)13-15-26(20,4)25(22)14-16-27(23,24)5/h9-10,18-21,23,25,28H,8,11-17H2,1-5H3/t19-,20?,21?,23-,25+,26+,27-/m1/s1. The molecule has 2 unspecified atom stereocenters. The summed E-state index contributed by atoms with van der Waals surface area (Å²) in [6.07, 6.45) is 14.4. The van der Waals surface area contributed by atoms with E-state index in [0.717, 1.165) is 25.2 Å². The van der Waals surface area contributed by atoms with Crippen molar-refractivity contribution in [1.82, 2.24) is 0 Å². The van der Waals surface area contributed by atoms with Crippen LogP contribution in [0.2, 0.25) is 0 Å². The highest BCUT2D eigenvalue weighted by molar-refractivity contribution is 5.42. The summed E-state index contributed by atoms with van der Waals surface area (Å²) >= 11 is 0. The Morgan fingerprint density at radius 1 is 1.14 bits per heavy atom. The Labute approximate surface area is 173 Å². The van der Waals surface area contributed by atoms with Crippen molar-refractivity contribution >= 4 is 0 Å². The van der Waals surface area contributed by atoms with Crippen LogP contribution in [0.15, 0.2) is 23.3 Å². The predicted octanol–water partition coefficient (Wildman–Crippen LogP) is 6.53. The van der Waals surface area contributed by atoms with Gasteiger partial charge in [-0.25, -0.2) is 0 Å². The van der Waals surface area contributed by atoms with Gasteiger partial charge < -0.3 is 5.11 Å².